The molecule has 0 radical (unpaired) electrons. The Morgan fingerprint density at radius 1 is 1.00 bits per heavy atom. The van der Waals surface area contributed by atoms with Crippen molar-refractivity contribution in [2.24, 2.45) is 0 Å². The van der Waals surface area contributed by atoms with Crippen LogP contribution in [0.4, 0.5) is 0 Å². The van der Waals surface area contributed by atoms with Crippen LogP contribution < -0.4 is 11.2 Å². The maximum absolute atomic E-state index is 13.1. The lowest BCUT2D eigenvalue weighted by atomic mass is 10.1. The number of ether oxygens (including phenoxy) is 1. The zero-order valence-electron chi connectivity index (χ0n) is 17.6. The number of hydrogen-bond acceptors (Lipinski definition) is 8. The zero-order chi connectivity index (χ0) is 24.5. The lowest BCUT2D eigenvalue weighted by Crippen LogP contribution is -2.43. The number of nitrogens with zero attached hydrogens (tertiary/aromatic N) is 3. The van der Waals surface area contributed by atoms with E-state index in [9.17, 15) is 24.4 Å². The van der Waals surface area contributed by atoms with E-state index in [4.69, 9.17) is 14.5 Å². The van der Waals surface area contributed by atoms with Gasteiger partial charge in [0.1, 0.15) is 18.3 Å². The first-order valence-electron chi connectivity index (χ1n) is 10.2. The first kappa shape index (κ1) is 24.2. The summed E-state index contributed by atoms with van der Waals surface area (Å²) >= 11 is 0. The Kier molecular flexibility index (Phi) is 6.91. The molecule has 12 nitrogen and oxygen atoms in total. The van der Waals surface area contributed by atoms with Crippen molar-refractivity contribution in [1.82, 2.24) is 14.1 Å². The Balaban J connectivity index is 1.60. The average Bonchev–Trinajstić information content (AvgIpc) is 3.09. The number of aromatic nitrogens is 3. The number of rotatable bonds is 7. The summed E-state index contributed by atoms with van der Waals surface area (Å²) in [5, 5.41) is 20.5. The molecular formula is C21H22N3O9P. The second-order valence-corrected chi connectivity index (χ2v) is 8.88. The summed E-state index contributed by atoms with van der Waals surface area (Å²) in [6.07, 6.45) is -4.82. The molecule has 0 bridgehead atoms. The summed E-state index contributed by atoms with van der Waals surface area (Å²) in [5.41, 5.74) is 0.532. The molecule has 1 fully saturated rings. The molecule has 2 aromatic heterocycles. The van der Waals surface area contributed by atoms with Gasteiger partial charge in [0.2, 0.25) is 0 Å². The van der Waals surface area contributed by atoms with E-state index in [1.807, 2.05) is 30.3 Å². The fourth-order valence-corrected chi connectivity index (χ4v) is 3.98. The summed E-state index contributed by atoms with van der Waals surface area (Å²) in [7, 11) is -4.84. The summed E-state index contributed by atoms with van der Waals surface area (Å²) < 4.78 is 22.5. The van der Waals surface area contributed by atoms with Gasteiger partial charge in [-0.25, -0.2) is 9.36 Å². The van der Waals surface area contributed by atoms with E-state index in [0.29, 0.717) is 11.4 Å². The Morgan fingerprint density at radius 2 is 1.74 bits per heavy atom. The standard InChI is InChI=1S/C21H22N3O9P/c25-17-9-10-23(20-19(27)18(26)16(33-20)12-32-34(29,30)31)21(28)24(17)11-14-7-4-8-15(22-14)13-5-2-1-3-6-13/h1-10,16,18-20,26-27H,11-12H2,(H2,29,30,31)/t16-,18?,19?,20-/m1/s1. The van der Waals surface area contributed by atoms with Crippen LogP contribution in [-0.2, 0) is 20.4 Å². The molecule has 1 saturated heterocycles. The van der Waals surface area contributed by atoms with E-state index < -0.39 is 50.2 Å². The van der Waals surface area contributed by atoms with Gasteiger partial charge in [-0.2, -0.15) is 0 Å². The molecular weight excluding hydrogens is 469 g/mol. The van der Waals surface area contributed by atoms with E-state index in [2.05, 4.69) is 9.51 Å². The van der Waals surface area contributed by atoms with Crippen LogP contribution in [-0.4, -0.2) is 59.0 Å². The maximum atomic E-state index is 13.1. The van der Waals surface area contributed by atoms with Gasteiger partial charge in [0.25, 0.3) is 5.56 Å². The molecule has 4 rings (SSSR count). The predicted molar refractivity (Wildman–Crippen MR) is 118 cm³/mol. The summed E-state index contributed by atoms with van der Waals surface area (Å²) in [6.45, 7) is -0.876. The van der Waals surface area contributed by atoms with Gasteiger partial charge < -0.3 is 24.7 Å². The first-order chi connectivity index (χ1) is 16.1. The minimum atomic E-state index is -4.84. The number of hydrogen-bond donors (Lipinski definition) is 4. The molecule has 0 aliphatic carbocycles. The van der Waals surface area contributed by atoms with Crippen molar-refractivity contribution in [3.05, 3.63) is 87.3 Å². The Labute approximate surface area is 192 Å². The van der Waals surface area contributed by atoms with E-state index >= 15 is 0 Å². The average molecular weight is 491 g/mol. The predicted octanol–water partition coefficient (Wildman–Crippen LogP) is -0.151. The quantitative estimate of drug-likeness (QED) is 0.326. The van der Waals surface area contributed by atoms with Crippen molar-refractivity contribution in [1.29, 1.82) is 0 Å². The van der Waals surface area contributed by atoms with Crippen LogP contribution in [0.5, 0.6) is 0 Å². The molecule has 34 heavy (non-hydrogen) atoms. The smallest absolute Gasteiger partial charge is 0.387 e. The first-order valence-corrected chi connectivity index (χ1v) is 11.7. The highest BCUT2D eigenvalue weighted by Crippen LogP contribution is 2.38. The topological polar surface area (TPSA) is 173 Å². The molecule has 180 valence electrons. The van der Waals surface area contributed by atoms with Gasteiger partial charge >= 0.3 is 13.5 Å². The molecule has 1 aliphatic heterocycles. The minimum absolute atomic E-state index is 0.157. The highest BCUT2D eigenvalue weighted by atomic mass is 31.2. The number of aliphatic hydroxyl groups is 2. The van der Waals surface area contributed by atoms with E-state index in [0.717, 1.165) is 27.0 Å². The number of pyridine rings is 1. The molecule has 0 saturated carbocycles. The highest BCUT2D eigenvalue weighted by Gasteiger charge is 2.45. The lowest BCUT2D eigenvalue weighted by molar-refractivity contribution is -0.0548. The van der Waals surface area contributed by atoms with Crippen LogP contribution in [0.15, 0.2) is 70.4 Å². The Bertz CT molecular complexity index is 1320. The zero-order valence-corrected chi connectivity index (χ0v) is 18.5. The van der Waals surface area contributed by atoms with E-state index in [1.165, 1.54) is 0 Å². The molecule has 0 spiro atoms. The third-order valence-electron chi connectivity index (χ3n) is 5.31. The van der Waals surface area contributed by atoms with Crippen molar-refractivity contribution in [2.45, 2.75) is 31.1 Å². The Hall–Kier alpha value is -2.96. The molecule has 3 aromatic rings. The van der Waals surface area contributed by atoms with Crippen molar-refractivity contribution >= 4 is 7.82 Å². The number of aliphatic hydroxyl groups excluding tert-OH is 2. The van der Waals surface area contributed by atoms with Gasteiger partial charge in [-0.1, -0.05) is 36.4 Å². The van der Waals surface area contributed by atoms with Crippen molar-refractivity contribution < 1.29 is 33.8 Å². The van der Waals surface area contributed by atoms with Gasteiger partial charge in [-0.3, -0.25) is 23.4 Å². The van der Waals surface area contributed by atoms with Crippen LogP contribution >= 0.6 is 7.82 Å². The minimum Gasteiger partial charge on any atom is -0.387 e. The molecule has 4 N–H and O–H groups in total. The van der Waals surface area contributed by atoms with Crippen molar-refractivity contribution in [2.75, 3.05) is 6.61 Å². The number of phosphoric acid groups is 1. The van der Waals surface area contributed by atoms with Crippen LogP contribution in [0.1, 0.15) is 11.9 Å². The Morgan fingerprint density at radius 3 is 2.44 bits per heavy atom. The monoisotopic (exact) mass is 491 g/mol. The van der Waals surface area contributed by atoms with Gasteiger partial charge in [0.05, 0.1) is 24.5 Å². The second kappa shape index (κ2) is 9.72. The summed E-state index contributed by atoms with van der Waals surface area (Å²) in [4.78, 5) is 47.7. The van der Waals surface area contributed by atoms with Crippen LogP contribution in [0, 0.1) is 0 Å². The SMILES string of the molecule is O=c1ccn([C@@H]2O[C@H](COP(=O)(O)O)C(O)C2O)c(=O)n1Cc1cccc(-c2ccccc2)n1. The molecule has 13 heteroatoms. The molecule has 0 amide bonds. The molecule has 2 unspecified atom stereocenters. The fraction of sp³-hybridized carbons (Fsp3) is 0.286. The van der Waals surface area contributed by atoms with Crippen molar-refractivity contribution in [3.8, 4) is 11.3 Å². The van der Waals surface area contributed by atoms with Gasteiger partial charge in [0, 0.05) is 17.8 Å². The number of phosphoric ester groups is 1. The van der Waals surface area contributed by atoms with E-state index in [-0.39, 0.29) is 6.54 Å². The van der Waals surface area contributed by atoms with Crippen LogP contribution in [0.25, 0.3) is 11.3 Å². The maximum Gasteiger partial charge on any atom is 0.469 e. The normalized spacial score (nSPS) is 22.7. The number of benzene rings is 1. The fourth-order valence-electron chi connectivity index (χ4n) is 3.64. The van der Waals surface area contributed by atoms with Gasteiger partial charge in [-0.05, 0) is 12.1 Å². The summed E-state index contributed by atoms with van der Waals surface area (Å²) in [6, 6.07) is 15.7. The lowest BCUT2D eigenvalue weighted by Gasteiger charge is -2.18. The van der Waals surface area contributed by atoms with E-state index in [1.54, 1.807) is 18.2 Å². The summed E-state index contributed by atoms with van der Waals surface area (Å²) in [5.74, 6) is 0. The van der Waals surface area contributed by atoms with Crippen LogP contribution in [0.2, 0.25) is 0 Å². The molecule has 1 aliphatic rings. The van der Waals surface area contributed by atoms with Gasteiger partial charge in [-0.15, -0.1) is 0 Å². The third kappa shape index (κ3) is 5.24. The van der Waals surface area contributed by atoms with Gasteiger partial charge in [0.15, 0.2) is 6.23 Å². The van der Waals surface area contributed by atoms with Crippen LogP contribution in [0.3, 0.4) is 0 Å². The largest absolute Gasteiger partial charge is 0.469 e. The highest BCUT2D eigenvalue weighted by molar-refractivity contribution is 7.46. The third-order valence-corrected chi connectivity index (χ3v) is 5.80. The van der Waals surface area contributed by atoms with Crippen molar-refractivity contribution in [3.63, 3.8) is 0 Å². The molecule has 1 aromatic carbocycles. The molecule has 4 atom stereocenters. The molecule has 3 heterocycles. The second-order valence-electron chi connectivity index (χ2n) is 7.64.